The van der Waals surface area contributed by atoms with Crippen molar-refractivity contribution < 1.29 is 4.74 Å². The second-order valence-corrected chi connectivity index (χ2v) is 5.71. The number of hydrogen-bond acceptors (Lipinski definition) is 3. The highest BCUT2D eigenvalue weighted by Gasteiger charge is 2.40. The predicted molar refractivity (Wildman–Crippen MR) is 72.5 cm³/mol. The molecule has 1 aromatic carbocycles. The number of benzene rings is 1. The molecule has 0 bridgehead atoms. The van der Waals surface area contributed by atoms with Crippen LogP contribution in [0.25, 0.3) is 0 Å². The van der Waals surface area contributed by atoms with Crippen LogP contribution in [0, 0.1) is 11.8 Å². The van der Waals surface area contributed by atoms with Gasteiger partial charge in [-0.25, -0.2) is 0 Å². The fourth-order valence-corrected chi connectivity index (χ4v) is 3.52. The Hall–Kier alpha value is -1.06. The van der Waals surface area contributed by atoms with Crippen molar-refractivity contribution in [2.75, 3.05) is 20.2 Å². The molecule has 0 aromatic heterocycles. The molecule has 2 aliphatic rings. The van der Waals surface area contributed by atoms with Gasteiger partial charge in [-0.05, 0) is 42.4 Å². The zero-order chi connectivity index (χ0) is 12.5. The van der Waals surface area contributed by atoms with E-state index >= 15 is 0 Å². The molecule has 0 radical (unpaired) electrons. The molecule has 1 heterocycles. The zero-order valence-corrected chi connectivity index (χ0v) is 11.0. The largest absolute Gasteiger partial charge is 0.497 e. The van der Waals surface area contributed by atoms with E-state index in [1.165, 1.54) is 31.5 Å². The molecule has 18 heavy (non-hydrogen) atoms. The monoisotopic (exact) mass is 246 g/mol. The van der Waals surface area contributed by atoms with Crippen molar-refractivity contribution in [1.29, 1.82) is 0 Å². The van der Waals surface area contributed by atoms with Crippen LogP contribution in [0.15, 0.2) is 24.3 Å². The summed E-state index contributed by atoms with van der Waals surface area (Å²) in [5.74, 6) is 2.51. The van der Waals surface area contributed by atoms with E-state index in [0.29, 0.717) is 6.04 Å². The van der Waals surface area contributed by atoms with Crippen molar-refractivity contribution in [2.24, 2.45) is 17.6 Å². The molecule has 1 aliphatic carbocycles. The minimum Gasteiger partial charge on any atom is -0.497 e. The summed E-state index contributed by atoms with van der Waals surface area (Å²) in [5, 5.41) is 0. The third kappa shape index (κ3) is 2.25. The van der Waals surface area contributed by atoms with Gasteiger partial charge in [0.25, 0.3) is 0 Å². The van der Waals surface area contributed by atoms with Gasteiger partial charge in [0, 0.05) is 25.7 Å². The van der Waals surface area contributed by atoms with Crippen molar-refractivity contribution in [3.8, 4) is 5.75 Å². The molecule has 1 aromatic rings. The topological polar surface area (TPSA) is 38.5 Å². The summed E-state index contributed by atoms with van der Waals surface area (Å²) in [5.41, 5.74) is 7.54. The number of methoxy groups -OCH3 is 1. The Kier molecular flexibility index (Phi) is 3.27. The van der Waals surface area contributed by atoms with Gasteiger partial charge in [-0.3, -0.25) is 4.90 Å². The summed E-state index contributed by atoms with van der Waals surface area (Å²) in [6, 6.07) is 8.84. The average Bonchev–Trinajstić information content (AvgIpc) is 2.93. The second-order valence-electron chi connectivity index (χ2n) is 5.71. The third-order valence-electron chi connectivity index (χ3n) is 4.55. The minimum atomic E-state index is 0.441. The number of hydrogen-bond donors (Lipinski definition) is 1. The van der Waals surface area contributed by atoms with E-state index in [1.807, 2.05) is 12.1 Å². The highest BCUT2D eigenvalue weighted by atomic mass is 16.5. The molecule has 2 N–H and O–H groups in total. The molecule has 1 aliphatic heterocycles. The number of fused-ring (bicyclic) bond motifs is 1. The lowest BCUT2D eigenvalue weighted by molar-refractivity contribution is 0.298. The molecule has 3 atom stereocenters. The Balaban J connectivity index is 1.60. The van der Waals surface area contributed by atoms with Crippen molar-refractivity contribution in [2.45, 2.75) is 25.4 Å². The van der Waals surface area contributed by atoms with E-state index in [-0.39, 0.29) is 0 Å². The second kappa shape index (κ2) is 4.90. The van der Waals surface area contributed by atoms with Gasteiger partial charge < -0.3 is 10.5 Å². The summed E-state index contributed by atoms with van der Waals surface area (Å²) in [6.45, 7) is 3.45. The molecular formula is C15H22N2O. The summed E-state index contributed by atoms with van der Waals surface area (Å²) in [4.78, 5) is 2.55. The summed E-state index contributed by atoms with van der Waals surface area (Å²) in [7, 11) is 1.71. The van der Waals surface area contributed by atoms with Crippen LogP contribution in [0.4, 0.5) is 0 Å². The molecule has 3 nitrogen and oxygen atoms in total. The molecular weight excluding hydrogens is 224 g/mol. The Labute approximate surface area is 109 Å². The van der Waals surface area contributed by atoms with Crippen molar-refractivity contribution in [3.63, 3.8) is 0 Å². The Morgan fingerprint density at radius 1 is 1.22 bits per heavy atom. The molecule has 3 rings (SSSR count). The van der Waals surface area contributed by atoms with Crippen LogP contribution in [0.3, 0.4) is 0 Å². The van der Waals surface area contributed by atoms with Crippen LogP contribution in [0.2, 0.25) is 0 Å². The van der Waals surface area contributed by atoms with Crippen molar-refractivity contribution in [1.82, 2.24) is 4.90 Å². The van der Waals surface area contributed by atoms with Gasteiger partial charge in [0.15, 0.2) is 0 Å². The number of rotatable bonds is 3. The molecule has 3 unspecified atom stereocenters. The molecule has 1 saturated heterocycles. The quantitative estimate of drug-likeness (QED) is 0.885. The maximum absolute atomic E-state index is 6.17. The Bertz CT molecular complexity index is 403. The maximum Gasteiger partial charge on any atom is 0.118 e. The lowest BCUT2D eigenvalue weighted by Crippen LogP contribution is -2.30. The number of ether oxygens (including phenoxy) is 1. The van der Waals surface area contributed by atoms with Gasteiger partial charge in [0.1, 0.15) is 5.75 Å². The van der Waals surface area contributed by atoms with Crippen molar-refractivity contribution >= 4 is 0 Å². The highest BCUT2D eigenvalue weighted by molar-refractivity contribution is 5.27. The van der Waals surface area contributed by atoms with E-state index in [4.69, 9.17) is 10.5 Å². The molecule has 98 valence electrons. The summed E-state index contributed by atoms with van der Waals surface area (Å²) in [6.07, 6.45) is 2.55. The molecule has 0 spiro atoms. The standard InChI is InChI=1S/C15H22N2O/c1-18-13-5-2-11(3-6-13)8-17-9-12-4-7-15(16)14(12)10-17/h2-3,5-6,12,14-15H,4,7-10,16H2,1H3. The van der Waals surface area contributed by atoms with E-state index < -0.39 is 0 Å². The van der Waals surface area contributed by atoms with Gasteiger partial charge >= 0.3 is 0 Å². The molecule has 1 saturated carbocycles. The van der Waals surface area contributed by atoms with Crippen LogP contribution in [0.1, 0.15) is 18.4 Å². The normalized spacial score (nSPS) is 31.6. The van der Waals surface area contributed by atoms with Gasteiger partial charge in [-0.15, -0.1) is 0 Å². The van der Waals surface area contributed by atoms with Gasteiger partial charge in [-0.1, -0.05) is 12.1 Å². The number of likely N-dealkylation sites (tertiary alicyclic amines) is 1. The molecule has 3 heteroatoms. The summed E-state index contributed by atoms with van der Waals surface area (Å²) >= 11 is 0. The SMILES string of the molecule is COc1ccc(CN2CC3CCC(N)C3C2)cc1. The van der Waals surface area contributed by atoms with Gasteiger partial charge in [-0.2, -0.15) is 0 Å². The number of nitrogens with zero attached hydrogens (tertiary/aromatic N) is 1. The fourth-order valence-electron chi connectivity index (χ4n) is 3.52. The zero-order valence-electron chi connectivity index (χ0n) is 11.0. The first-order valence-electron chi connectivity index (χ1n) is 6.87. The smallest absolute Gasteiger partial charge is 0.118 e. The first kappa shape index (κ1) is 12.0. The minimum absolute atomic E-state index is 0.441. The average molecular weight is 246 g/mol. The third-order valence-corrected chi connectivity index (χ3v) is 4.55. The predicted octanol–water partition coefficient (Wildman–Crippen LogP) is 1.86. The van der Waals surface area contributed by atoms with Crippen LogP contribution in [-0.4, -0.2) is 31.1 Å². The van der Waals surface area contributed by atoms with Crippen LogP contribution in [-0.2, 0) is 6.54 Å². The van der Waals surface area contributed by atoms with E-state index in [2.05, 4.69) is 17.0 Å². The van der Waals surface area contributed by atoms with Crippen LogP contribution < -0.4 is 10.5 Å². The van der Waals surface area contributed by atoms with Crippen LogP contribution in [0.5, 0.6) is 5.75 Å². The van der Waals surface area contributed by atoms with Crippen molar-refractivity contribution in [3.05, 3.63) is 29.8 Å². The fraction of sp³-hybridized carbons (Fsp3) is 0.600. The molecule has 2 fully saturated rings. The first-order chi connectivity index (χ1) is 8.76. The highest BCUT2D eigenvalue weighted by Crippen LogP contribution is 2.37. The van der Waals surface area contributed by atoms with E-state index in [1.54, 1.807) is 7.11 Å². The van der Waals surface area contributed by atoms with Gasteiger partial charge in [0.05, 0.1) is 7.11 Å². The lowest BCUT2D eigenvalue weighted by Gasteiger charge is -2.18. The van der Waals surface area contributed by atoms with Crippen LogP contribution >= 0.6 is 0 Å². The Morgan fingerprint density at radius 3 is 2.67 bits per heavy atom. The van der Waals surface area contributed by atoms with Gasteiger partial charge in [0.2, 0.25) is 0 Å². The maximum atomic E-state index is 6.17. The van der Waals surface area contributed by atoms with E-state index in [0.717, 1.165) is 24.1 Å². The first-order valence-corrected chi connectivity index (χ1v) is 6.87. The Morgan fingerprint density at radius 2 is 2.00 bits per heavy atom. The lowest BCUT2D eigenvalue weighted by atomic mass is 9.98. The number of nitrogens with two attached hydrogens (primary N) is 1. The van der Waals surface area contributed by atoms with E-state index in [9.17, 15) is 0 Å². The molecule has 0 amide bonds. The summed E-state index contributed by atoms with van der Waals surface area (Å²) < 4.78 is 5.18.